The van der Waals surface area contributed by atoms with Crippen LogP contribution in [0.3, 0.4) is 0 Å². The van der Waals surface area contributed by atoms with Crippen LogP contribution in [0.25, 0.3) is 0 Å². The van der Waals surface area contributed by atoms with E-state index < -0.39 is 31.2 Å². The first kappa shape index (κ1) is 16.7. The first-order valence-corrected chi connectivity index (χ1v) is 6.18. The highest BCUT2D eigenvalue weighted by Gasteiger charge is 2.41. The molecule has 1 saturated heterocycles. The average Bonchev–Trinajstić information content (AvgIpc) is 2.67. The standard InChI is InChI=1S/C7H10N2O.C5H10O5/c1-5-4-9-3-2-6(5)7(8)10;6-1-2-3(7)4(8)5(9)10-2/h2-6H,1H3,(H2,8,10);2-9H,1H2/t;2-,3-,4-,5?/m.1/s1. The van der Waals surface area contributed by atoms with Crippen LogP contribution in [0.4, 0.5) is 0 Å². The Bertz CT molecular complexity index is 386. The molecule has 2 aliphatic heterocycles. The van der Waals surface area contributed by atoms with E-state index in [1.807, 2.05) is 6.92 Å². The van der Waals surface area contributed by atoms with Gasteiger partial charge in [0, 0.05) is 18.3 Å². The Morgan fingerprint density at radius 2 is 2.00 bits per heavy atom. The van der Waals surface area contributed by atoms with Crippen molar-refractivity contribution in [1.82, 2.24) is 0 Å². The van der Waals surface area contributed by atoms with Crippen molar-refractivity contribution in [2.75, 3.05) is 6.61 Å². The topological polar surface area (TPSA) is 146 Å². The van der Waals surface area contributed by atoms with E-state index in [1.165, 1.54) is 0 Å². The number of hydrogen-bond acceptors (Lipinski definition) is 7. The van der Waals surface area contributed by atoms with Gasteiger partial charge in [-0.1, -0.05) is 13.0 Å². The Morgan fingerprint density at radius 1 is 1.35 bits per heavy atom. The molecule has 0 aromatic rings. The number of primary amides is 1. The molecular weight excluding hydrogens is 268 g/mol. The van der Waals surface area contributed by atoms with Gasteiger partial charge >= 0.3 is 0 Å². The lowest BCUT2D eigenvalue weighted by Gasteiger charge is -2.14. The predicted molar refractivity (Wildman–Crippen MR) is 69.5 cm³/mol. The number of amides is 1. The van der Waals surface area contributed by atoms with Crippen molar-refractivity contribution in [3.63, 3.8) is 0 Å². The van der Waals surface area contributed by atoms with E-state index >= 15 is 0 Å². The monoisotopic (exact) mass is 288 g/mol. The molecule has 3 unspecified atom stereocenters. The second-order valence-electron chi connectivity index (χ2n) is 4.66. The number of aliphatic hydroxyl groups is 4. The fraction of sp³-hybridized carbons (Fsp3) is 0.667. The molecule has 1 fully saturated rings. The summed E-state index contributed by atoms with van der Waals surface area (Å²) in [6.45, 7) is 1.51. The predicted octanol–water partition coefficient (Wildman–Crippen LogP) is -2.26. The summed E-state index contributed by atoms with van der Waals surface area (Å²) >= 11 is 0. The van der Waals surface area contributed by atoms with Crippen LogP contribution in [0.1, 0.15) is 6.92 Å². The molecule has 8 nitrogen and oxygen atoms in total. The molecule has 0 bridgehead atoms. The molecular formula is C12H20N2O6. The van der Waals surface area contributed by atoms with Crippen LogP contribution in [0.5, 0.6) is 0 Å². The number of carbonyl (C=O) groups is 1. The molecule has 0 aromatic heterocycles. The lowest BCUT2D eigenvalue weighted by atomic mass is 9.93. The number of aliphatic hydroxyl groups excluding tert-OH is 4. The van der Waals surface area contributed by atoms with E-state index in [0.29, 0.717) is 0 Å². The lowest BCUT2D eigenvalue weighted by molar-refractivity contribution is -0.132. The summed E-state index contributed by atoms with van der Waals surface area (Å²) < 4.78 is 4.54. The molecule has 0 spiro atoms. The molecule has 0 saturated carbocycles. The molecule has 6 N–H and O–H groups in total. The van der Waals surface area contributed by atoms with Crippen LogP contribution in [-0.2, 0) is 9.53 Å². The number of hydrogen-bond donors (Lipinski definition) is 5. The summed E-state index contributed by atoms with van der Waals surface area (Å²) in [5.41, 5.74) is 5.11. The van der Waals surface area contributed by atoms with Gasteiger partial charge in [-0.3, -0.25) is 9.79 Å². The molecule has 0 aliphatic carbocycles. The Labute approximate surface area is 116 Å². The van der Waals surface area contributed by atoms with Gasteiger partial charge in [0.2, 0.25) is 5.91 Å². The minimum Gasteiger partial charge on any atom is -0.394 e. The van der Waals surface area contributed by atoms with Gasteiger partial charge < -0.3 is 30.9 Å². The zero-order valence-electron chi connectivity index (χ0n) is 11.0. The summed E-state index contributed by atoms with van der Waals surface area (Å²) in [5.74, 6) is -0.310. The van der Waals surface area contributed by atoms with Crippen molar-refractivity contribution in [3.8, 4) is 0 Å². The van der Waals surface area contributed by atoms with E-state index in [1.54, 1.807) is 18.5 Å². The Hall–Kier alpha value is -1.32. The smallest absolute Gasteiger partial charge is 0.225 e. The fourth-order valence-corrected chi connectivity index (χ4v) is 1.83. The Kier molecular flexibility index (Phi) is 6.24. The summed E-state index contributed by atoms with van der Waals surface area (Å²) in [4.78, 5) is 14.6. The van der Waals surface area contributed by atoms with Crippen LogP contribution < -0.4 is 5.73 Å². The van der Waals surface area contributed by atoms with Crippen LogP contribution in [0.15, 0.2) is 17.3 Å². The number of aliphatic imine (C=N–C) groups is 1. The molecule has 0 aromatic carbocycles. The van der Waals surface area contributed by atoms with Crippen LogP contribution in [-0.4, -0.2) is 63.8 Å². The number of nitrogens with two attached hydrogens (primary N) is 1. The maximum absolute atomic E-state index is 10.7. The number of carbonyl (C=O) groups excluding carboxylic acids is 1. The van der Waals surface area contributed by atoms with Crippen molar-refractivity contribution in [3.05, 3.63) is 12.3 Å². The third-order valence-electron chi connectivity index (χ3n) is 3.11. The minimum atomic E-state index is -1.38. The van der Waals surface area contributed by atoms with E-state index in [0.717, 1.165) is 0 Å². The zero-order chi connectivity index (χ0) is 15.3. The molecule has 2 aliphatic rings. The van der Waals surface area contributed by atoms with Gasteiger partial charge in [-0.2, -0.15) is 0 Å². The third kappa shape index (κ3) is 4.09. The number of rotatable bonds is 2. The van der Waals surface area contributed by atoms with Gasteiger partial charge in [0.1, 0.15) is 18.3 Å². The highest BCUT2D eigenvalue weighted by molar-refractivity contribution is 5.83. The van der Waals surface area contributed by atoms with Crippen molar-refractivity contribution >= 4 is 12.1 Å². The van der Waals surface area contributed by atoms with E-state index in [-0.39, 0.29) is 17.7 Å². The maximum atomic E-state index is 10.7. The second-order valence-corrected chi connectivity index (χ2v) is 4.66. The Balaban J connectivity index is 0.000000200. The first-order valence-electron chi connectivity index (χ1n) is 6.18. The minimum absolute atomic E-state index is 0.141. The number of ether oxygens (including phenoxy) is 1. The Morgan fingerprint density at radius 3 is 2.30 bits per heavy atom. The normalized spacial score (nSPS) is 39.2. The maximum Gasteiger partial charge on any atom is 0.225 e. The number of nitrogens with zero attached hydrogens (tertiary/aromatic N) is 1. The summed E-state index contributed by atoms with van der Waals surface area (Å²) in [7, 11) is 0. The van der Waals surface area contributed by atoms with Gasteiger partial charge in [0.25, 0.3) is 0 Å². The van der Waals surface area contributed by atoms with Crippen molar-refractivity contribution < 1.29 is 30.0 Å². The molecule has 6 atom stereocenters. The van der Waals surface area contributed by atoms with Gasteiger partial charge in [0.15, 0.2) is 6.29 Å². The van der Waals surface area contributed by atoms with Crippen LogP contribution in [0.2, 0.25) is 0 Å². The second kappa shape index (κ2) is 7.46. The molecule has 20 heavy (non-hydrogen) atoms. The highest BCUT2D eigenvalue weighted by Crippen LogP contribution is 2.18. The fourth-order valence-electron chi connectivity index (χ4n) is 1.83. The summed E-state index contributed by atoms with van der Waals surface area (Å²) in [5, 5.41) is 35.0. The van der Waals surface area contributed by atoms with Gasteiger partial charge in [-0.15, -0.1) is 0 Å². The zero-order valence-corrected chi connectivity index (χ0v) is 11.0. The van der Waals surface area contributed by atoms with Gasteiger partial charge in [-0.05, 0) is 0 Å². The van der Waals surface area contributed by atoms with Crippen LogP contribution >= 0.6 is 0 Å². The summed E-state index contributed by atoms with van der Waals surface area (Å²) in [6, 6.07) is 0. The van der Waals surface area contributed by atoms with E-state index in [2.05, 4.69) is 9.73 Å². The molecule has 2 rings (SSSR count). The lowest BCUT2D eigenvalue weighted by Crippen LogP contribution is -2.33. The molecule has 114 valence electrons. The van der Waals surface area contributed by atoms with Gasteiger partial charge in [0.05, 0.1) is 12.5 Å². The van der Waals surface area contributed by atoms with E-state index in [9.17, 15) is 4.79 Å². The quantitative estimate of drug-likeness (QED) is 0.387. The molecule has 2 heterocycles. The molecule has 8 heteroatoms. The SMILES string of the molecule is CC1C=NC=CC1C(N)=O.OC[C@H]1OC(O)[C@H](O)[C@@H]1O. The average molecular weight is 288 g/mol. The van der Waals surface area contributed by atoms with Gasteiger partial charge in [-0.25, -0.2) is 0 Å². The molecule has 1 amide bonds. The van der Waals surface area contributed by atoms with Crippen molar-refractivity contribution in [2.45, 2.75) is 31.5 Å². The van der Waals surface area contributed by atoms with Crippen molar-refractivity contribution in [1.29, 1.82) is 0 Å². The molecule has 0 radical (unpaired) electrons. The van der Waals surface area contributed by atoms with Crippen molar-refractivity contribution in [2.24, 2.45) is 22.6 Å². The third-order valence-corrected chi connectivity index (χ3v) is 3.11. The highest BCUT2D eigenvalue weighted by atomic mass is 16.6. The van der Waals surface area contributed by atoms with E-state index in [4.69, 9.17) is 26.2 Å². The summed E-state index contributed by atoms with van der Waals surface area (Å²) in [6.07, 6.45) is 0.312. The van der Waals surface area contributed by atoms with Crippen LogP contribution in [0, 0.1) is 11.8 Å². The first-order chi connectivity index (χ1) is 9.38. The largest absolute Gasteiger partial charge is 0.394 e.